The van der Waals surface area contributed by atoms with Crippen molar-refractivity contribution in [3.05, 3.63) is 65.9 Å². The van der Waals surface area contributed by atoms with E-state index in [4.69, 9.17) is 4.74 Å². The molecule has 7 heteroatoms. The Bertz CT molecular complexity index is 1190. The number of carboxylic acid groups (broad SMARTS) is 1. The number of hydrogen-bond donors (Lipinski definition) is 2. The molecule has 0 amide bonds. The monoisotopic (exact) mass is 522 g/mol. The number of methoxy groups -OCH3 is 1. The Morgan fingerprint density at radius 3 is 2.84 bits per heavy atom. The summed E-state index contributed by atoms with van der Waals surface area (Å²) in [6.45, 7) is 4.95. The number of aromatic nitrogens is 1. The minimum atomic E-state index is -0.736. The number of likely N-dealkylation sites (tertiary alicyclic amines) is 1. The van der Waals surface area contributed by atoms with Crippen LogP contribution in [0.1, 0.15) is 49.3 Å². The highest BCUT2D eigenvalue weighted by atomic mass is 32.2. The number of carbonyl (C=O) groups is 1. The number of aliphatic hydroxyl groups is 1. The predicted octanol–water partition coefficient (Wildman–Crippen LogP) is 5.96. The zero-order valence-electron chi connectivity index (χ0n) is 21.8. The van der Waals surface area contributed by atoms with Crippen LogP contribution in [0, 0.1) is 18.8 Å². The van der Waals surface area contributed by atoms with Gasteiger partial charge in [-0.15, -0.1) is 11.8 Å². The molecular weight excluding hydrogens is 484 g/mol. The lowest BCUT2D eigenvalue weighted by molar-refractivity contribution is -0.139. The lowest BCUT2D eigenvalue weighted by atomic mass is 9.79. The molecule has 1 unspecified atom stereocenters. The van der Waals surface area contributed by atoms with Crippen LogP contribution in [0.2, 0.25) is 0 Å². The number of ether oxygens (including phenoxy) is 1. The first-order valence-electron chi connectivity index (χ1n) is 13.2. The standard InChI is InChI=1S/C30H38N2O4S/c1-21-6-3-4-7-29(21)37-17-5-15-32-16-13-22(23(20-32)18-30(34)35)8-11-28(33)25-12-14-31-27-10-9-24(36-2)19-26(25)27/h3-4,6-7,9-10,12,14,19,22-23,28,33H,5,8,11,13,15-18,20H2,1-2H3,(H,34,35)/t22-,23+,28?/m1/s1. The predicted molar refractivity (Wildman–Crippen MR) is 149 cm³/mol. The largest absolute Gasteiger partial charge is 0.497 e. The zero-order chi connectivity index (χ0) is 26.2. The van der Waals surface area contributed by atoms with E-state index in [2.05, 4.69) is 41.1 Å². The number of thioether (sulfide) groups is 1. The molecule has 1 aromatic heterocycles. The molecule has 0 bridgehead atoms. The maximum absolute atomic E-state index is 11.6. The third-order valence-electron chi connectivity index (χ3n) is 7.53. The van der Waals surface area contributed by atoms with Gasteiger partial charge in [0.1, 0.15) is 5.75 Å². The Hall–Kier alpha value is -2.61. The molecule has 2 aromatic carbocycles. The highest BCUT2D eigenvalue weighted by molar-refractivity contribution is 7.99. The molecule has 3 aromatic rings. The second kappa shape index (κ2) is 13.3. The highest BCUT2D eigenvalue weighted by Crippen LogP contribution is 2.35. The lowest BCUT2D eigenvalue weighted by Gasteiger charge is -2.38. The van der Waals surface area contributed by atoms with Gasteiger partial charge >= 0.3 is 5.97 Å². The molecule has 1 aliphatic heterocycles. The maximum atomic E-state index is 11.6. The van der Waals surface area contributed by atoms with Gasteiger partial charge in [0.2, 0.25) is 0 Å². The molecular formula is C30H38N2O4S. The summed E-state index contributed by atoms with van der Waals surface area (Å²) in [5, 5.41) is 21.6. The first kappa shape index (κ1) is 27.4. The summed E-state index contributed by atoms with van der Waals surface area (Å²) in [5.74, 6) is 1.47. The van der Waals surface area contributed by atoms with E-state index >= 15 is 0 Å². The van der Waals surface area contributed by atoms with Crippen molar-refractivity contribution in [2.45, 2.75) is 50.0 Å². The second-order valence-electron chi connectivity index (χ2n) is 10.1. The second-order valence-corrected chi connectivity index (χ2v) is 11.2. The van der Waals surface area contributed by atoms with E-state index in [1.54, 1.807) is 13.3 Å². The molecule has 3 atom stereocenters. The fourth-order valence-electron chi connectivity index (χ4n) is 5.47. The number of aliphatic carboxylic acids is 1. The summed E-state index contributed by atoms with van der Waals surface area (Å²) in [4.78, 5) is 19.8. The number of aliphatic hydroxyl groups excluding tert-OH is 1. The summed E-state index contributed by atoms with van der Waals surface area (Å²) in [5.41, 5.74) is 2.99. The van der Waals surface area contributed by atoms with Crippen molar-refractivity contribution in [3.63, 3.8) is 0 Å². The zero-order valence-corrected chi connectivity index (χ0v) is 22.6. The summed E-state index contributed by atoms with van der Waals surface area (Å²) in [7, 11) is 1.63. The van der Waals surface area contributed by atoms with Crippen molar-refractivity contribution in [1.82, 2.24) is 9.88 Å². The van der Waals surface area contributed by atoms with Gasteiger partial charge in [-0.2, -0.15) is 0 Å². The number of hydrogen-bond acceptors (Lipinski definition) is 6. The van der Waals surface area contributed by atoms with E-state index in [0.29, 0.717) is 12.3 Å². The van der Waals surface area contributed by atoms with Gasteiger partial charge in [-0.25, -0.2) is 0 Å². The Morgan fingerprint density at radius 2 is 2.05 bits per heavy atom. The van der Waals surface area contributed by atoms with Gasteiger partial charge in [0.05, 0.1) is 18.7 Å². The molecule has 0 saturated carbocycles. The van der Waals surface area contributed by atoms with Gasteiger partial charge in [-0.3, -0.25) is 9.78 Å². The molecule has 2 N–H and O–H groups in total. The number of piperidine rings is 1. The molecule has 2 heterocycles. The Kier molecular flexibility index (Phi) is 9.83. The van der Waals surface area contributed by atoms with Crippen LogP contribution in [-0.2, 0) is 4.79 Å². The van der Waals surface area contributed by atoms with E-state index in [9.17, 15) is 15.0 Å². The molecule has 0 aliphatic carbocycles. The van der Waals surface area contributed by atoms with Crippen molar-refractivity contribution < 1.29 is 19.7 Å². The van der Waals surface area contributed by atoms with E-state index in [-0.39, 0.29) is 12.3 Å². The summed E-state index contributed by atoms with van der Waals surface area (Å²) < 4.78 is 5.36. The quantitative estimate of drug-likeness (QED) is 0.224. The normalized spacial score (nSPS) is 19.1. The fraction of sp³-hybridized carbons (Fsp3) is 0.467. The smallest absolute Gasteiger partial charge is 0.303 e. The van der Waals surface area contributed by atoms with Crippen LogP contribution >= 0.6 is 11.8 Å². The van der Waals surface area contributed by atoms with Crippen molar-refractivity contribution in [2.24, 2.45) is 11.8 Å². The van der Waals surface area contributed by atoms with Crippen LogP contribution in [0.3, 0.4) is 0 Å². The van der Waals surface area contributed by atoms with Crippen molar-refractivity contribution in [3.8, 4) is 5.75 Å². The highest BCUT2D eigenvalue weighted by Gasteiger charge is 2.31. The molecule has 4 rings (SSSR count). The number of pyridine rings is 1. The molecule has 6 nitrogen and oxygen atoms in total. The van der Waals surface area contributed by atoms with Gasteiger partial charge in [0, 0.05) is 29.4 Å². The minimum absolute atomic E-state index is 0.108. The van der Waals surface area contributed by atoms with Crippen LogP contribution in [-0.4, -0.2) is 58.6 Å². The Balaban J connectivity index is 1.31. The number of fused-ring (bicyclic) bond motifs is 1. The molecule has 37 heavy (non-hydrogen) atoms. The van der Waals surface area contributed by atoms with E-state index in [1.807, 2.05) is 36.0 Å². The van der Waals surface area contributed by atoms with Crippen LogP contribution in [0.5, 0.6) is 5.75 Å². The molecule has 1 saturated heterocycles. The lowest BCUT2D eigenvalue weighted by Crippen LogP contribution is -2.42. The molecule has 198 valence electrons. The SMILES string of the molecule is COc1ccc2nccc(C(O)CC[C@@H]3CCN(CCCSc4ccccc4C)C[C@@H]3CC(=O)O)c2c1. The third kappa shape index (κ3) is 7.46. The van der Waals surface area contributed by atoms with Gasteiger partial charge in [0.25, 0.3) is 0 Å². The average molecular weight is 523 g/mol. The van der Waals surface area contributed by atoms with Gasteiger partial charge in [-0.05, 0) is 105 Å². The van der Waals surface area contributed by atoms with Crippen LogP contribution in [0.15, 0.2) is 59.6 Å². The number of rotatable bonds is 12. The molecule has 1 aliphatic rings. The number of aryl methyl sites for hydroxylation is 1. The van der Waals surface area contributed by atoms with Crippen molar-refractivity contribution in [2.75, 3.05) is 32.5 Å². The minimum Gasteiger partial charge on any atom is -0.497 e. The van der Waals surface area contributed by atoms with Crippen molar-refractivity contribution >= 4 is 28.6 Å². The Labute approximate surface area is 224 Å². The number of nitrogens with zero attached hydrogens (tertiary/aromatic N) is 2. The van der Waals surface area contributed by atoms with Crippen LogP contribution < -0.4 is 4.74 Å². The maximum Gasteiger partial charge on any atom is 0.303 e. The van der Waals surface area contributed by atoms with Gasteiger partial charge < -0.3 is 19.8 Å². The Morgan fingerprint density at radius 1 is 1.22 bits per heavy atom. The molecule has 0 spiro atoms. The number of benzene rings is 2. The first-order chi connectivity index (χ1) is 17.9. The fourth-order valence-corrected chi connectivity index (χ4v) is 6.44. The molecule has 1 fully saturated rings. The first-order valence-corrected chi connectivity index (χ1v) is 14.2. The van der Waals surface area contributed by atoms with E-state index < -0.39 is 12.1 Å². The van der Waals surface area contributed by atoms with Gasteiger partial charge in [-0.1, -0.05) is 18.2 Å². The van der Waals surface area contributed by atoms with E-state index in [1.165, 1.54) is 10.5 Å². The van der Waals surface area contributed by atoms with Crippen LogP contribution in [0.25, 0.3) is 10.9 Å². The van der Waals surface area contributed by atoms with Gasteiger partial charge in [0.15, 0.2) is 0 Å². The van der Waals surface area contributed by atoms with Crippen molar-refractivity contribution in [1.29, 1.82) is 0 Å². The van der Waals surface area contributed by atoms with E-state index in [0.717, 1.165) is 66.9 Å². The topological polar surface area (TPSA) is 82.9 Å². The third-order valence-corrected chi connectivity index (χ3v) is 8.80. The molecule has 0 radical (unpaired) electrons. The summed E-state index contributed by atoms with van der Waals surface area (Å²) >= 11 is 1.90. The summed E-state index contributed by atoms with van der Waals surface area (Å²) in [6.07, 6.45) is 4.76. The summed E-state index contributed by atoms with van der Waals surface area (Å²) in [6, 6.07) is 16.0. The average Bonchev–Trinajstić information content (AvgIpc) is 2.90. The number of carboxylic acids is 1. The van der Waals surface area contributed by atoms with Crippen LogP contribution in [0.4, 0.5) is 0 Å².